The average molecular weight is 387 g/mol. The molecule has 1 aromatic carbocycles. The lowest BCUT2D eigenvalue weighted by Gasteiger charge is -2.11. The van der Waals surface area contributed by atoms with Gasteiger partial charge in [0, 0.05) is 23.7 Å². The van der Waals surface area contributed by atoms with Crippen LogP contribution in [0.5, 0.6) is 5.75 Å². The SMILES string of the molecule is CCCCc1cc(=O)oc2cc(OCC(=O)Nc3ccccn3)c(Cl)cc12. The van der Waals surface area contributed by atoms with Gasteiger partial charge in [0.15, 0.2) is 6.61 Å². The van der Waals surface area contributed by atoms with E-state index in [1.54, 1.807) is 36.5 Å². The number of halogens is 1. The van der Waals surface area contributed by atoms with Crippen molar-refractivity contribution in [2.75, 3.05) is 11.9 Å². The third-order valence-corrected chi connectivity index (χ3v) is 4.27. The van der Waals surface area contributed by atoms with E-state index in [0.29, 0.717) is 16.4 Å². The minimum Gasteiger partial charge on any atom is -0.482 e. The number of hydrogen-bond donors (Lipinski definition) is 1. The van der Waals surface area contributed by atoms with Gasteiger partial charge < -0.3 is 14.5 Å². The summed E-state index contributed by atoms with van der Waals surface area (Å²) in [6, 6.07) is 9.94. The molecular weight excluding hydrogens is 368 g/mol. The Morgan fingerprint density at radius 3 is 2.89 bits per heavy atom. The monoisotopic (exact) mass is 386 g/mol. The van der Waals surface area contributed by atoms with E-state index in [4.69, 9.17) is 20.8 Å². The van der Waals surface area contributed by atoms with Gasteiger partial charge in [-0.05, 0) is 36.6 Å². The van der Waals surface area contributed by atoms with Gasteiger partial charge >= 0.3 is 5.63 Å². The molecule has 0 fully saturated rings. The summed E-state index contributed by atoms with van der Waals surface area (Å²) in [6.07, 6.45) is 4.32. The molecule has 0 aliphatic carbocycles. The van der Waals surface area contributed by atoms with Crippen LogP contribution in [0.15, 0.2) is 51.8 Å². The van der Waals surface area contributed by atoms with E-state index in [1.165, 1.54) is 6.07 Å². The molecule has 140 valence electrons. The van der Waals surface area contributed by atoms with Crippen molar-refractivity contribution in [1.82, 2.24) is 4.98 Å². The molecule has 1 amide bonds. The van der Waals surface area contributed by atoms with Crippen molar-refractivity contribution in [2.24, 2.45) is 0 Å². The molecule has 0 spiro atoms. The first kappa shape index (κ1) is 18.9. The maximum absolute atomic E-state index is 12.0. The number of benzene rings is 1. The van der Waals surface area contributed by atoms with Gasteiger partial charge in [-0.15, -0.1) is 0 Å². The predicted molar refractivity (Wildman–Crippen MR) is 104 cm³/mol. The number of carbonyl (C=O) groups is 1. The zero-order valence-electron chi connectivity index (χ0n) is 14.8. The normalized spacial score (nSPS) is 10.7. The fourth-order valence-corrected chi connectivity index (χ4v) is 2.89. The summed E-state index contributed by atoms with van der Waals surface area (Å²) >= 11 is 6.30. The molecule has 6 nitrogen and oxygen atoms in total. The second-order valence-electron chi connectivity index (χ2n) is 6.02. The molecule has 2 heterocycles. The number of ether oxygens (including phenoxy) is 1. The van der Waals surface area contributed by atoms with Crippen LogP contribution in [0, 0.1) is 0 Å². The Morgan fingerprint density at radius 2 is 2.15 bits per heavy atom. The highest BCUT2D eigenvalue weighted by Crippen LogP contribution is 2.31. The summed E-state index contributed by atoms with van der Waals surface area (Å²) in [4.78, 5) is 27.8. The van der Waals surface area contributed by atoms with Gasteiger partial charge in [0.05, 0.1) is 5.02 Å². The minimum atomic E-state index is -0.422. The second kappa shape index (κ2) is 8.68. The number of aryl methyl sites for hydroxylation is 1. The number of carbonyl (C=O) groups excluding carboxylic acids is 1. The van der Waals surface area contributed by atoms with Crippen LogP contribution in [-0.2, 0) is 11.2 Å². The van der Waals surface area contributed by atoms with Crippen LogP contribution < -0.4 is 15.7 Å². The van der Waals surface area contributed by atoms with Crippen LogP contribution in [0.25, 0.3) is 11.0 Å². The zero-order valence-corrected chi connectivity index (χ0v) is 15.6. The van der Waals surface area contributed by atoms with E-state index in [-0.39, 0.29) is 18.3 Å². The van der Waals surface area contributed by atoms with Crippen LogP contribution in [0.4, 0.5) is 5.82 Å². The lowest BCUT2D eigenvalue weighted by Crippen LogP contribution is -2.20. The number of rotatable bonds is 7. The molecular formula is C20H19ClN2O4. The topological polar surface area (TPSA) is 81.4 Å². The van der Waals surface area contributed by atoms with Gasteiger partial charge in [-0.25, -0.2) is 9.78 Å². The van der Waals surface area contributed by atoms with Crippen LogP contribution >= 0.6 is 11.6 Å². The number of amides is 1. The molecule has 3 rings (SSSR count). The van der Waals surface area contributed by atoms with E-state index in [2.05, 4.69) is 17.2 Å². The van der Waals surface area contributed by atoms with Gasteiger partial charge in [-0.1, -0.05) is 31.0 Å². The zero-order chi connectivity index (χ0) is 19.2. The third kappa shape index (κ3) is 4.86. The predicted octanol–water partition coefficient (Wildman–Crippen LogP) is 4.20. The number of unbranched alkanes of at least 4 members (excludes halogenated alkanes) is 1. The first-order chi connectivity index (χ1) is 13.1. The highest BCUT2D eigenvalue weighted by Gasteiger charge is 2.12. The Morgan fingerprint density at radius 1 is 1.30 bits per heavy atom. The van der Waals surface area contributed by atoms with Crippen LogP contribution in [0.1, 0.15) is 25.3 Å². The van der Waals surface area contributed by atoms with Crippen molar-refractivity contribution in [3.05, 3.63) is 63.6 Å². The summed E-state index contributed by atoms with van der Waals surface area (Å²) < 4.78 is 10.8. The van der Waals surface area contributed by atoms with Gasteiger partial charge in [0.2, 0.25) is 0 Å². The van der Waals surface area contributed by atoms with E-state index >= 15 is 0 Å². The highest BCUT2D eigenvalue weighted by atomic mass is 35.5. The van der Waals surface area contributed by atoms with Gasteiger partial charge in [-0.3, -0.25) is 4.79 Å². The number of aromatic nitrogens is 1. The fourth-order valence-electron chi connectivity index (χ4n) is 2.67. The molecule has 1 N–H and O–H groups in total. The van der Waals surface area contributed by atoms with E-state index in [1.807, 2.05) is 0 Å². The molecule has 3 aromatic rings. The number of fused-ring (bicyclic) bond motifs is 1. The standard InChI is InChI=1S/C20H19ClN2O4/c1-2-3-6-13-9-20(25)27-16-11-17(15(21)10-14(13)16)26-12-19(24)23-18-7-4-5-8-22-18/h4-5,7-11H,2-3,6,12H2,1H3,(H,22,23,24). The van der Waals surface area contributed by atoms with Gasteiger partial charge in [0.1, 0.15) is 17.2 Å². The lowest BCUT2D eigenvalue weighted by atomic mass is 10.0. The van der Waals surface area contributed by atoms with Gasteiger partial charge in [0.25, 0.3) is 5.91 Å². The van der Waals surface area contributed by atoms with Gasteiger partial charge in [-0.2, -0.15) is 0 Å². The smallest absolute Gasteiger partial charge is 0.336 e. The molecule has 0 unspecified atom stereocenters. The molecule has 0 saturated carbocycles. The van der Waals surface area contributed by atoms with E-state index in [0.717, 1.165) is 30.2 Å². The maximum Gasteiger partial charge on any atom is 0.336 e. The minimum absolute atomic E-state index is 0.248. The van der Waals surface area contributed by atoms with Crippen molar-refractivity contribution in [3.63, 3.8) is 0 Å². The van der Waals surface area contributed by atoms with Crippen LogP contribution in [0.2, 0.25) is 5.02 Å². The Balaban J connectivity index is 1.78. The molecule has 0 aliphatic rings. The number of nitrogens with zero attached hydrogens (tertiary/aromatic N) is 1. The van der Waals surface area contributed by atoms with Crippen molar-refractivity contribution in [1.29, 1.82) is 0 Å². The molecule has 0 aliphatic heterocycles. The quantitative estimate of drug-likeness (QED) is 0.615. The highest BCUT2D eigenvalue weighted by molar-refractivity contribution is 6.32. The summed E-state index contributed by atoms with van der Waals surface area (Å²) in [7, 11) is 0. The van der Waals surface area contributed by atoms with Crippen molar-refractivity contribution >= 4 is 34.3 Å². The van der Waals surface area contributed by atoms with E-state index < -0.39 is 5.63 Å². The van der Waals surface area contributed by atoms with Crippen LogP contribution in [-0.4, -0.2) is 17.5 Å². The molecule has 7 heteroatoms. The Labute approximate surface area is 161 Å². The summed E-state index contributed by atoms with van der Waals surface area (Å²) in [5.41, 5.74) is 0.859. The van der Waals surface area contributed by atoms with E-state index in [9.17, 15) is 9.59 Å². The Hall–Kier alpha value is -2.86. The number of anilines is 1. The molecule has 0 atom stereocenters. The molecule has 0 radical (unpaired) electrons. The lowest BCUT2D eigenvalue weighted by molar-refractivity contribution is -0.118. The summed E-state index contributed by atoms with van der Waals surface area (Å²) in [6.45, 7) is 1.84. The van der Waals surface area contributed by atoms with Crippen LogP contribution in [0.3, 0.4) is 0 Å². The Kier molecular flexibility index (Phi) is 6.08. The third-order valence-electron chi connectivity index (χ3n) is 3.97. The second-order valence-corrected chi connectivity index (χ2v) is 6.43. The first-order valence-electron chi connectivity index (χ1n) is 8.67. The number of hydrogen-bond acceptors (Lipinski definition) is 5. The molecule has 0 bridgehead atoms. The summed E-state index contributed by atoms with van der Waals surface area (Å²) in [5.74, 6) is 0.335. The molecule has 2 aromatic heterocycles. The van der Waals surface area contributed by atoms with Crippen molar-refractivity contribution < 1.29 is 13.9 Å². The first-order valence-corrected chi connectivity index (χ1v) is 9.04. The largest absolute Gasteiger partial charge is 0.482 e. The van der Waals surface area contributed by atoms with Crippen molar-refractivity contribution in [2.45, 2.75) is 26.2 Å². The fraction of sp³-hybridized carbons (Fsp3) is 0.250. The molecule has 27 heavy (non-hydrogen) atoms. The maximum atomic E-state index is 12.0. The number of pyridine rings is 1. The van der Waals surface area contributed by atoms with Crippen molar-refractivity contribution in [3.8, 4) is 5.75 Å². The molecule has 0 saturated heterocycles. The number of nitrogens with one attached hydrogen (secondary N) is 1. The average Bonchev–Trinajstić information content (AvgIpc) is 2.65. The Bertz CT molecular complexity index is 1000. The summed E-state index contributed by atoms with van der Waals surface area (Å²) in [5, 5.41) is 3.74.